The van der Waals surface area contributed by atoms with Crippen LogP contribution < -0.4 is 5.32 Å². The number of amides is 1. The molecule has 8 heteroatoms. The van der Waals surface area contributed by atoms with Crippen LogP contribution in [0.4, 0.5) is 18.0 Å². The summed E-state index contributed by atoms with van der Waals surface area (Å²) in [5, 5.41) is 2.39. The normalized spacial score (nSPS) is 11.3. The largest absolute Gasteiger partial charge is 0.451 e. The minimum absolute atomic E-state index is 0.00403. The Labute approximate surface area is 119 Å². The van der Waals surface area contributed by atoms with Crippen molar-refractivity contribution in [3.63, 3.8) is 0 Å². The van der Waals surface area contributed by atoms with Crippen molar-refractivity contribution in [1.82, 2.24) is 15.3 Å². The third-order valence-electron chi connectivity index (χ3n) is 1.86. The molecule has 0 aliphatic heterocycles. The molecule has 0 aliphatic carbocycles. The van der Waals surface area contributed by atoms with E-state index < -0.39 is 23.7 Å². The first-order valence-corrected chi connectivity index (χ1v) is 5.93. The zero-order chi connectivity index (χ0) is 16.1. The minimum atomic E-state index is -4.58. The number of alkyl halides is 3. The number of carbonyl (C=O) groups is 1. The standard InChI is InChI=1S/C13H14F3N3O2/c1-12(2,3)21-11(20)17-6-4-5-9-7-18-10(19-8-9)13(14,15)16/h7-8H,6H2,1-3H3,(H,17,20). The summed E-state index contributed by atoms with van der Waals surface area (Å²) in [6, 6.07) is 0. The van der Waals surface area contributed by atoms with Gasteiger partial charge >= 0.3 is 12.3 Å². The maximum Gasteiger partial charge on any atom is 0.451 e. The van der Waals surface area contributed by atoms with Gasteiger partial charge in [-0.15, -0.1) is 0 Å². The van der Waals surface area contributed by atoms with Crippen molar-refractivity contribution >= 4 is 6.09 Å². The average molecular weight is 301 g/mol. The van der Waals surface area contributed by atoms with E-state index in [4.69, 9.17) is 4.74 Å². The number of halogens is 3. The van der Waals surface area contributed by atoms with Crippen LogP contribution in [0.3, 0.4) is 0 Å². The summed E-state index contributed by atoms with van der Waals surface area (Å²) in [6.45, 7) is 5.16. The van der Waals surface area contributed by atoms with Crippen molar-refractivity contribution in [2.45, 2.75) is 32.5 Å². The number of hydrogen-bond acceptors (Lipinski definition) is 4. The summed E-state index contributed by atoms with van der Waals surface area (Å²) < 4.78 is 41.7. The lowest BCUT2D eigenvalue weighted by molar-refractivity contribution is -0.145. The van der Waals surface area contributed by atoms with E-state index in [2.05, 4.69) is 27.1 Å². The second kappa shape index (κ2) is 6.43. The number of rotatable bonds is 1. The molecule has 1 aromatic heterocycles. The van der Waals surface area contributed by atoms with E-state index in [9.17, 15) is 18.0 Å². The molecular weight excluding hydrogens is 287 g/mol. The van der Waals surface area contributed by atoms with Gasteiger partial charge in [0.25, 0.3) is 0 Å². The average Bonchev–Trinajstić information content (AvgIpc) is 2.32. The van der Waals surface area contributed by atoms with Crippen molar-refractivity contribution in [2.24, 2.45) is 0 Å². The summed E-state index contributed by atoms with van der Waals surface area (Å²) in [4.78, 5) is 17.6. The number of nitrogens with zero attached hydrogens (tertiary/aromatic N) is 2. The van der Waals surface area contributed by atoms with E-state index in [1.54, 1.807) is 20.8 Å². The molecule has 21 heavy (non-hydrogen) atoms. The Morgan fingerprint density at radius 1 is 1.29 bits per heavy atom. The first kappa shape index (κ1) is 16.8. The second-order valence-corrected chi connectivity index (χ2v) is 4.95. The molecular formula is C13H14F3N3O2. The van der Waals surface area contributed by atoms with Crippen molar-refractivity contribution in [3.05, 3.63) is 23.8 Å². The van der Waals surface area contributed by atoms with Gasteiger partial charge in [-0.05, 0) is 20.8 Å². The quantitative estimate of drug-likeness (QED) is 0.809. The van der Waals surface area contributed by atoms with Gasteiger partial charge in [-0.1, -0.05) is 11.8 Å². The monoisotopic (exact) mass is 301 g/mol. The van der Waals surface area contributed by atoms with Crippen LogP contribution >= 0.6 is 0 Å². The van der Waals surface area contributed by atoms with Crippen LogP contribution in [0.5, 0.6) is 0 Å². The van der Waals surface area contributed by atoms with Crippen molar-refractivity contribution in [1.29, 1.82) is 0 Å². The van der Waals surface area contributed by atoms with Gasteiger partial charge in [0.2, 0.25) is 5.82 Å². The van der Waals surface area contributed by atoms with Crippen LogP contribution in [0.2, 0.25) is 0 Å². The number of aromatic nitrogens is 2. The predicted octanol–water partition coefficient (Wildman–Crippen LogP) is 2.37. The van der Waals surface area contributed by atoms with Gasteiger partial charge in [-0.25, -0.2) is 14.8 Å². The van der Waals surface area contributed by atoms with Crippen molar-refractivity contribution in [2.75, 3.05) is 6.54 Å². The van der Waals surface area contributed by atoms with E-state index in [0.29, 0.717) is 0 Å². The Bertz CT molecular complexity index is 551. The van der Waals surface area contributed by atoms with E-state index in [1.807, 2.05) is 0 Å². The molecule has 0 saturated heterocycles. The Morgan fingerprint density at radius 3 is 2.33 bits per heavy atom. The lowest BCUT2D eigenvalue weighted by atomic mass is 10.2. The van der Waals surface area contributed by atoms with Crippen LogP contribution in [0.1, 0.15) is 32.2 Å². The van der Waals surface area contributed by atoms with Gasteiger partial charge in [0.15, 0.2) is 0 Å². The highest BCUT2D eigenvalue weighted by atomic mass is 19.4. The highest BCUT2D eigenvalue weighted by Gasteiger charge is 2.34. The summed E-state index contributed by atoms with van der Waals surface area (Å²) in [5.74, 6) is 3.86. The molecule has 0 unspecified atom stereocenters. The molecule has 0 aromatic carbocycles. The van der Waals surface area contributed by atoms with Crippen LogP contribution in [0.25, 0.3) is 0 Å². The number of hydrogen-bond donors (Lipinski definition) is 1. The van der Waals surface area contributed by atoms with Crippen LogP contribution in [0.15, 0.2) is 12.4 Å². The first-order valence-electron chi connectivity index (χ1n) is 5.93. The van der Waals surface area contributed by atoms with Gasteiger partial charge in [0.1, 0.15) is 5.60 Å². The molecule has 1 N–H and O–H groups in total. The molecule has 1 rings (SSSR count). The van der Waals surface area contributed by atoms with Gasteiger partial charge in [-0.2, -0.15) is 13.2 Å². The molecule has 1 heterocycles. The molecule has 1 aromatic rings. The number of alkyl carbamates (subject to hydrolysis) is 1. The highest BCUT2D eigenvalue weighted by Crippen LogP contribution is 2.25. The molecule has 0 fully saturated rings. The third-order valence-corrected chi connectivity index (χ3v) is 1.86. The highest BCUT2D eigenvalue weighted by molar-refractivity contribution is 5.68. The Morgan fingerprint density at radius 2 is 1.86 bits per heavy atom. The predicted molar refractivity (Wildman–Crippen MR) is 68.1 cm³/mol. The van der Waals surface area contributed by atoms with E-state index >= 15 is 0 Å². The molecule has 0 radical (unpaired) electrons. The number of nitrogens with one attached hydrogen (secondary N) is 1. The fourth-order valence-corrected chi connectivity index (χ4v) is 1.12. The van der Waals surface area contributed by atoms with Gasteiger partial charge in [-0.3, -0.25) is 0 Å². The van der Waals surface area contributed by atoms with Gasteiger partial charge in [0.05, 0.1) is 12.1 Å². The topological polar surface area (TPSA) is 64.1 Å². The van der Waals surface area contributed by atoms with E-state index in [1.165, 1.54) is 0 Å². The van der Waals surface area contributed by atoms with Crippen LogP contribution in [-0.4, -0.2) is 28.2 Å². The Kier molecular flexibility index (Phi) is 5.13. The summed E-state index contributed by atoms with van der Waals surface area (Å²) in [6.07, 6.45) is -3.27. The van der Waals surface area contributed by atoms with Crippen molar-refractivity contribution < 1.29 is 22.7 Å². The zero-order valence-electron chi connectivity index (χ0n) is 11.7. The lowest BCUT2D eigenvalue weighted by Gasteiger charge is -2.18. The molecule has 114 valence electrons. The third kappa shape index (κ3) is 6.61. The Hall–Kier alpha value is -2.30. The minimum Gasteiger partial charge on any atom is -0.444 e. The van der Waals surface area contributed by atoms with E-state index in [-0.39, 0.29) is 12.1 Å². The van der Waals surface area contributed by atoms with Crippen molar-refractivity contribution in [3.8, 4) is 11.8 Å². The molecule has 0 aliphatic rings. The lowest BCUT2D eigenvalue weighted by Crippen LogP contribution is -2.32. The van der Waals surface area contributed by atoms with Crippen LogP contribution in [-0.2, 0) is 10.9 Å². The summed E-state index contributed by atoms with van der Waals surface area (Å²) >= 11 is 0. The second-order valence-electron chi connectivity index (χ2n) is 4.95. The molecule has 5 nitrogen and oxygen atoms in total. The SMILES string of the molecule is CC(C)(C)OC(=O)NCC#Cc1cnc(C(F)(F)F)nc1. The number of ether oxygens (including phenoxy) is 1. The van der Waals surface area contributed by atoms with Crippen LogP contribution in [0, 0.1) is 11.8 Å². The van der Waals surface area contributed by atoms with Gasteiger partial charge < -0.3 is 10.1 Å². The molecule has 1 amide bonds. The van der Waals surface area contributed by atoms with Gasteiger partial charge in [0, 0.05) is 12.4 Å². The molecule has 0 atom stereocenters. The summed E-state index contributed by atoms with van der Waals surface area (Å²) in [7, 11) is 0. The zero-order valence-corrected chi connectivity index (χ0v) is 11.7. The molecule has 0 saturated carbocycles. The number of carbonyl (C=O) groups excluding carboxylic acids is 1. The van der Waals surface area contributed by atoms with E-state index in [0.717, 1.165) is 12.4 Å². The fourth-order valence-electron chi connectivity index (χ4n) is 1.12. The smallest absolute Gasteiger partial charge is 0.444 e. The molecule has 0 spiro atoms. The fraction of sp³-hybridized carbons (Fsp3) is 0.462. The molecule has 0 bridgehead atoms. The summed E-state index contributed by atoms with van der Waals surface area (Å²) in [5.41, 5.74) is -0.396. The maximum atomic E-state index is 12.2. The maximum absolute atomic E-state index is 12.2. The first-order chi connectivity index (χ1) is 9.58. The Balaban J connectivity index is 2.51.